The fourth-order valence-corrected chi connectivity index (χ4v) is 2.06. The van der Waals surface area contributed by atoms with Crippen LogP contribution in [0.4, 0.5) is 0 Å². The molecule has 0 heterocycles. The predicted octanol–water partition coefficient (Wildman–Crippen LogP) is 5.32. The average Bonchev–Trinajstić information content (AvgIpc) is 2.64. The van der Waals surface area contributed by atoms with Crippen molar-refractivity contribution in [1.82, 2.24) is 0 Å². The van der Waals surface area contributed by atoms with E-state index in [1.165, 1.54) is 0 Å². The first-order chi connectivity index (χ1) is 11.7. The van der Waals surface area contributed by atoms with Crippen molar-refractivity contribution in [2.24, 2.45) is 5.92 Å². The van der Waals surface area contributed by atoms with Crippen LogP contribution in [0.5, 0.6) is 0 Å². The molecular weight excluding hydrogens is 300 g/mol. The summed E-state index contributed by atoms with van der Waals surface area (Å²) in [6.45, 7) is 14.2. The van der Waals surface area contributed by atoms with Crippen LogP contribution in [0.2, 0.25) is 0 Å². The van der Waals surface area contributed by atoms with E-state index in [1.807, 2.05) is 51.1 Å². The maximum atomic E-state index is 12.0. The minimum absolute atomic E-state index is 0.0859. The summed E-state index contributed by atoms with van der Waals surface area (Å²) >= 11 is 0. The Morgan fingerprint density at radius 2 is 1.71 bits per heavy atom. The third-order valence-corrected chi connectivity index (χ3v) is 3.43. The molecule has 0 saturated carbocycles. The van der Waals surface area contributed by atoms with Crippen LogP contribution in [-0.2, 0) is 20.9 Å². The zero-order chi connectivity index (χ0) is 18.2. The Bertz CT molecular complexity index is 443. The fraction of sp³-hybridized carbons (Fsp3) is 0.476. The molecule has 0 amide bonds. The van der Waals surface area contributed by atoms with Crippen LogP contribution < -0.4 is 0 Å². The standard InChI is InChI=1S/C19H26O3.C2H6/c1-4-10-17(11-5-2)19(20)22-15-18(6-3)21-14-16-12-8-7-9-13-16;1-2/h4-5,7-9,12-13,17-18H,1-2,6,10-11,14-15H2,3H3;1-2H3. The lowest BCUT2D eigenvalue weighted by molar-refractivity contribution is -0.153. The molecule has 0 N–H and O–H groups in total. The predicted molar refractivity (Wildman–Crippen MR) is 101 cm³/mol. The van der Waals surface area contributed by atoms with Gasteiger partial charge in [-0.25, -0.2) is 0 Å². The second-order valence-electron chi connectivity index (χ2n) is 5.20. The second-order valence-corrected chi connectivity index (χ2v) is 5.20. The van der Waals surface area contributed by atoms with Gasteiger partial charge in [-0.3, -0.25) is 4.79 Å². The molecule has 1 aromatic carbocycles. The van der Waals surface area contributed by atoms with Crippen LogP contribution in [0, 0.1) is 5.92 Å². The Labute approximate surface area is 147 Å². The van der Waals surface area contributed by atoms with Crippen LogP contribution in [0.15, 0.2) is 55.6 Å². The van der Waals surface area contributed by atoms with Gasteiger partial charge >= 0.3 is 5.97 Å². The molecule has 24 heavy (non-hydrogen) atoms. The van der Waals surface area contributed by atoms with Gasteiger partial charge in [0.25, 0.3) is 0 Å². The van der Waals surface area contributed by atoms with Gasteiger partial charge in [0.2, 0.25) is 0 Å². The van der Waals surface area contributed by atoms with Crippen molar-refractivity contribution in [2.75, 3.05) is 6.61 Å². The minimum Gasteiger partial charge on any atom is -0.463 e. The summed E-state index contributed by atoms with van der Waals surface area (Å²) in [6.07, 6.45) is 5.39. The summed E-state index contributed by atoms with van der Waals surface area (Å²) in [5.41, 5.74) is 1.11. The molecule has 0 aromatic heterocycles. The van der Waals surface area contributed by atoms with E-state index in [0.717, 1.165) is 12.0 Å². The maximum absolute atomic E-state index is 12.0. The third kappa shape index (κ3) is 9.31. The summed E-state index contributed by atoms with van der Waals surface area (Å²) in [5.74, 6) is -0.400. The molecule has 134 valence electrons. The van der Waals surface area contributed by atoms with Gasteiger partial charge in [0, 0.05) is 0 Å². The van der Waals surface area contributed by atoms with Gasteiger partial charge in [-0.15, -0.1) is 13.2 Å². The number of ether oxygens (including phenoxy) is 2. The normalized spacial score (nSPS) is 11.2. The number of hydrogen-bond donors (Lipinski definition) is 0. The van der Waals surface area contributed by atoms with Gasteiger partial charge in [0.05, 0.1) is 18.6 Å². The van der Waals surface area contributed by atoms with E-state index in [1.54, 1.807) is 12.2 Å². The molecule has 0 saturated heterocycles. The number of rotatable bonds is 11. The molecule has 1 aromatic rings. The van der Waals surface area contributed by atoms with E-state index in [-0.39, 0.29) is 24.6 Å². The third-order valence-electron chi connectivity index (χ3n) is 3.43. The van der Waals surface area contributed by atoms with E-state index in [4.69, 9.17) is 9.47 Å². The molecule has 1 unspecified atom stereocenters. The van der Waals surface area contributed by atoms with Crippen molar-refractivity contribution in [3.63, 3.8) is 0 Å². The van der Waals surface area contributed by atoms with Crippen LogP contribution in [0.3, 0.4) is 0 Å². The zero-order valence-corrected chi connectivity index (χ0v) is 15.4. The van der Waals surface area contributed by atoms with Crippen molar-refractivity contribution in [3.8, 4) is 0 Å². The van der Waals surface area contributed by atoms with Crippen molar-refractivity contribution < 1.29 is 14.3 Å². The number of hydrogen-bond acceptors (Lipinski definition) is 3. The summed E-state index contributed by atoms with van der Waals surface area (Å²) in [6, 6.07) is 9.97. The summed E-state index contributed by atoms with van der Waals surface area (Å²) in [5, 5.41) is 0. The topological polar surface area (TPSA) is 35.5 Å². The largest absolute Gasteiger partial charge is 0.463 e. The number of esters is 1. The molecule has 0 bridgehead atoms. The lowest BCUT2D eigenvalue weighted by atomic mass is 10.0. The Hall–Kier alpha value is -1.87. The van der Waals surface area contributed by atoms with E-state index < -0.39 is 0 Å². The highest BCUT2D eigenvalue weighted by Crippen LogP contribution is 2.13. The van der Waals surface area contributed by atoms with Gasteiger partial charge in [-0.1, -0.05) is 63.3 Å². The minimum atomic E-state index is -0.207. The summed E-state index contributed by atoms with van der Waals surface area (Å²) in [4.78, 5) is 12.0. The Kier molecular flexibility index (Phi) is 13.6. The Morgan fingerprint density at radius 1 is 1.12 bits per heavy atom. The van der Waals surface area contributed by atoms with Crippen LogP contribution in [0.1, 0.15) is 45.6 Å². The van der Waals surface area contributed by atoms with Crippen molar-refractivity contribution in [1.29, 1.82) is 0 Å². The van der Waals surface area contributed by atoms with E-state index in [2.05, 4.69) is 13.2 Å². The van der Waals surface area contributed by atoms with Gasteiger partial charge in [-0.05, 0) is 24.8 Å². The van der Waals surface area contributed by atoms with Gasteiger partial charge in [-0.2, -0.15) is 0 Å². The summed E-state index contributed by atoms with van der Waals surface area (Å²) in [7, 11) is 0. The van der Waals surface area contributed by atoms with E-state index >= 15 is 0 Å². The average molecular weight is 332 g/mol. The number of carbonyl (C=O) groups excluding carboxylic acids is 1. The van der Waals surface area contributed by atoms with Crippen LogP contribution in [0.25, 0.3) is 0 Å². The highest BCUT2D eigenvalue weighted by molar-refractivity contribution is 5.72. The van der Waals surface area contributed by atoms with Gasteiger partial charge in [0.15, 0.2) is 0 Å². The molecule has 3 nitrogen and oxygen atoms in total. The highest BCUT2D eigenvalue weighted by atomic mass is 16.6. The van der Waals surface area contributed by atoms with Crippen LogP contribution in [-0.4, -0.2) is 18.7 Å². The lowest BCUT2D eigenvalue weighted by Gasteiger charge is -2.18. The van der Waals surface area contributed by atoms with Crippen molar-refractivity contribution >= 4 is 5.97 Å². The molecule has 3 heteroatoms. The smallest absolute Gasteiger partial charge is 0.309 e. The molecular formula is C21H32O3. The number of allylic oxidation sites excluding steroid dienone is 2. The Balaban J connectivity index is 0.00000254. The molecule has 1 atom stereocenters. The fourth-order valence-electron chi connectivity index (χ4n) is 2.06. The molecule has 0 spiro atoms. The molecule has 1 rings (SSSR count). The van der Waals surface area contributed by atoms with E-state index in [0.29, 0.717) is 19.4 Å². The highest BCUT2D eigenvalue weighted by Gasteiger charge is 2.19. The zero-order valence-electron chi connectivity index (χ0n) is 15.4. The Morgan fingerprint density at radius 3 is 2.21 bits per heavy atom. The van der Waals surface area contributed by atoms with Crippen molar-refractivity contribution in [3.05, 3.63) is 61.2 Å². The van der Waals surface area contributed by atoms with Crippen molar-refractivity contribution in [2.45, 2.75) is 52.7 Å². The second kappa shape index (κ2) is 14.7. The van der Waals surface area contributed by atoms with Gasteiger partial charge in [0.1, 0.15) is 6.61 Å². The number of carbonyl (C=O) groups is 1. The summed E-state index contributed by atoms with van der Waals surface area (Å²) < 4.78 is 11.2. The maximum Gasteiger partial charge on any atom is 0.309 e. The molecule has 0 aliphatic heterocycles. The monoisotopic (exact) mass is 332 g/mol. The van der Waals surface area contributed by atoms with Crippen LogP contribution >= 0.6 is 0 Å². The first kappa shape index (κ1) is 22.1. The molecule has 0 radical (unpaired) electrons. The molecule has 0 aliphatic rings. The molecule has 0 aliphatic carbocycles. The SMILES string of the molecule is C=CCC(CC=C)C(=O)OCC(CC)OCc1ccccc1.CC. The van der Waals surface area contributed by atoms with Gasteiger partial charge < -0.3 is 9.47 Å². The quantitative estimate of drug-likeness (QED) is 0.406. The van der Waals surface area contributed by atoms with E-state index in [9.17, 15) is 4.79 Å². The first-order valence-electron chi connectivity index (χ1n) is 8.75. The lowest BCUT2D eigenvalue weighted by Crippen LogP contribution is -2.25. The molecule has 0 fully saturated rings. The number of benzene rings is 1. The first-order valence-corrected chi connectivity index (χ1v) is 8.75.